The van der Waals surface area contributed by atoms with Gasteiger partial charge in [-0.2, -0.15) is 5.26 Å². The average Bonchev–Trinajstić information content (AvgIpc) is 2.41. The Bertz CT molecular complexity index is 530. The molecular formula is C15H18ClN3O. The maximum atomic E-state index is 12.0. The normalized spacial score (nSPS) is 16.6. The third-order valence-electron chi connectivity index (χ3n) is 3.62. The number of nitrogens with one attached hydrogen (secondary N) is 1. The number of nitriles is 1. The van der Waals surface area contributed by atoms with E-state index in [0.717, 1.165) is 31.8 Å². The summed E-state index contributed by atoms with van der Waals surface area (Å²) in [5.74, 6) is 0.644. The van der Waals surface area contributed by atoms with Crippen LogP contribution in [0.25, 0.3) is 0 Å². The number of amides is 1. The first-order chi connectivity index (χ1) is 9.58. The minimum atomic E-state index is -0.0988. The van der Waals surface area contributed by atoms with Crippen molar-refractivity contribution in [3.8, 4) is 6.07 Å². The number of likely N-dealkylation sites (tertiary alicyclic amines) is 1. The summed E-state index contributed by atoms with van der Waals surface area (Å²) in [6.07, 6.45) is 2.27. The highest BCUT2D eigenvalue weighted by Gasteiger charge is 2.18. The highest BCUT2D eigenvalue weighted by atomic mass is 35.5. The van der Waals surface area contributed by atoms with E-state index in [2.05, 4.69) is 23.2 Å². The molecule has 1 N–H and O–H groups in total. The van der Waals surface area contributed by atoms with Gasteiger partial charge in [0.25, 0.3) is 0 Å². The Morgan fingerprint density at radius 3 is 2.85 bits per heavy atom. The molecule has 1 saturated heterocycles. The second-order valence-electron chi connectivity index (χ2n) is 5.31. The van der Waals surface area contributed by atoms with E-state index < -0.39 is 0 Å². The Balaban J connectivity index is 1.95. The van der Waals surface area contributed by atoms with E-state index in [9.17, 15) is 4.79 Å². The van der Waals surface area contributed by atoms with Crippen LogP contribution in [0.1, 0.15) is 25.3 Å². The number of carbonyl (C=O) groups excluding carboxylic acids is 1. The summed E-state index contributed by atoms with van der Waals surface area (Å²) >= 11 is 5.89. The van der Waals surface area contributed by atoms with Crippen molar-refractivity contribution in [3.05, 3.63) is 28.8 Å². The predicted octanol–water partition coefficient (Wildman–Crippen LogP) is 2.88. The van der Waals surface area contributed by atoms with Gasteiger partial charge in [-0.1, -0.05) is 18.5 Å². The number of piperidine rings is 1. The fourth-order valence-electron chi connectivity index (χ4n) is 2.33. The van der Waals surface area contributed by atoms with Crippen LogP contribution < -0.4 is 5.32 Å². The Morgan fingerprint density at radius 1 is 1.50 bits per heavy atom. The fraction of sp³-hybridized carbons (Fsp3) is 0.467. The van der Waals surface area contributed by atoms with Crippen molar-refractivity contribution >= 4 is 23.2 Å². The molecule has 0 aromatic heterocycles. The maximum absolute atomic E-state index is 12.0. The van der Waals surface area contributed by atoms with Gasteiger partial charge in [0.05, 0.1) is 17.8 Å². The summed E-state index contributed by atoms with van der Waals surface area (Å²) in [4.78, 5) is 14.2. The van der Waals surface area contributed by atoms with Crippen LogP contribution in [-0.4, -0.2) is 30.4 Å². The smallest absolute Gasteiger partial charge is 0.238 e. The third-order valence-corrected chi connectivity index (χ3v) is 3.85. The van der Waals surface area contributed by atoms with Gasteiger partial charge in [0, 0.05) is 5.02 Å². The molecule has 1 aromatic carbocycles. The number of rotatable bonds is 3. The lowest BCUT2D eigenvalue weighted by molar-refractivity contribution is -0.117. The SMILES string of the molecule is CC1CCN(CC(=O)Nc2cc(Cl)ccc2C#N)CC1. The minimum Gasteiger partial charge on any atom is -0.324 e. The molecule has 0 spiro atoms. The predicted molar refractivity (Wildman–Crippen MR) is 79.6 cm³/mol. The Kier molecular flexibility index (Phi) is 4.99. The largest absolute Gasteiger partial charge is 0.324 e. The van der Waals surface area contributed by atoms with Gasteiger partial charge in [0.15, 0.2) is 0 Å². The molecule has 1 fully saturated rings. The summed E-state index contributed by atoms with van der Waals surface area (Å²) < 4.78 is 0. The van der Waals surface area contributed by atoms with Crippen molar-refractivity contribution < 1.29 is 4.79 Å². The molecule has 1 aromatic rings. The van der Waals surface area contributed by atoms with Gasteiger partial charge in [0.1, 0.15) is 6.07 Å². The Labute approximate surface area is 124 Å². The number of halogens is 1. The Hall–Kier alpha value is -1.57. The number of nitrogens with zero attached hydrogens (tertiary/aromatic N) is 2. The van der Waals surface area contributed by atoms with Gasteiger partial charge in [-0.25, -0.2) is 0 Å². The van der Waals surface area contributed by atoms with Crippen molar-refractivity contribution in [2.75, 3.05) is 25.0 Å². The van der Waals surface area contributed by atoms with Crippen molar-refractivity contribution in [2.24, 2.45) is 5.92 Å². The van der Waals surface area contributed by atoms with Crippen LogP contribution in [0.3, 0.4) is 0 Å². The number of hydrogen-bond acceptors (Lipinski definition) is 3. The average molecular weight is 292 g/mol. The molecule has 2 rings (SSSR count). The van der Waals surface area contributed by atoms with Gasteiger partial charge in [0.2, 0.25) is 5.91 Å². The molecule has 1 amide bonds. The molecule has 0 bridgehead atoms. The van der Waals surface area contributed by atoms with E-state index >= 15 is 0 Å². The van der Waals surface area contributed by atoms with E-state index in [1.54, 1.807) is 18.2 Å². The van der Waals surface area contributed by atoms with Crippen LogP contribution in [0.4, 0.5) is 5.69 Å². The van der Waals surface area contributed by atoms with Crippen LogP contribution in [0.5, 0.6) is 0 Å². The lowest BCUT2D eigenvalue weighted by atomic mass is 9.99. The summed E-state index contributed by atoms with van der Waals surface area (Å²) in [7, 11) is 0. The molecule has 1 aliphatic rings. The topological polar surface area (TPSA) is 56.1 Å². The molecule has 0 saturated carbocycles. The first-order valence-electron chi connectivity index (χ1n) is 6.80. The van der Waals surface area contributed by atoms with Gasteiger partial charge in [-0.15, -0.1) is 0 Å². The van der Waals surface area contributed by atoms with Gasteiger partial charge in [-0.3, -0.25) is 9.69 Å². The highest BCUT2D eigenvalue weighted by molar-refractivity contribution is 6.31. The lowest BCUT2D eigenvalue weighted by Crippen LogP contribution is -2.38. The molecular weight excluding hydrogens is 274 g/mol. The molecule has 5 heteroatoms. The maximum Gasteiger partial charge on any atom is 0.238 e. The van der Waals surface area contributed by atoms with E-state index in [1.165, 1.54) is 0 Å². The molecule has 20 heavy (non-hydrogen) atoms. The van der Waals surface area contributed by atoms with Crippen molar-refractivity contribution in [3.63, 3.8) is 0 Å². The van der Waals surface area contributed by atoms with E-state index in [0.29, 0.717) is 22.8 Å². The van der Waals surface area contributed by atoms with E-state index in [-0.39, 0.29) is 5.91 Å². The van der Waals surface area contributed by atoms with Crippen LogP contribution >= 0.6 is 11.6 Å². The molecule has 0 radical (unpaired) electrons. The molecule has 0 unspecified atom stereocenters. The summed E-state index contributed by atoms with van der Waals surface area (Å²) in [5.41, 5.74) is 0.908. The molecule has 1 aliphatic heterocycles. The van der Waals surface area contributed by atoms with Gasteiger partial charge in [-0.05, 0) is 50.0 Å². The summed E-state index contributed by atoms with van der Waals surface area (Å²) in [6.45, 7) is 4.51. The standard InChI is InChI=1S/C15H18ClN3O/c1-11-4-6-19(7-5-11)10-15(20)18-14-8-13(16)3-2-12(14)9-17/h2-3,8,11H,4-7,10H2,1H3,(H,18,20). The van der Waals surface area contributed by atoms with Crippen LogP contribution in [0.15, 0.2) is 18.2 Å². The Morgan fingerprint density at radius 2 is 2.20 bits per heavy atom. The summed E-state index contributed by atoms with van der Waals surface area (Å²) in [5, 5.41) is 12.3. The molecule has 0 atom stereocenters. The number of benzene rings is 1. The van der Waals surface area contributed by atoms with Gasteiger partial charge >= 0.3 is 0 Å². The molecule has 1 heterocycles. The third kappa shape index (κ3) is 3.96. The van der Waals surface area contributed by atoms with E-state index in [1.807, 2.05) is 0 Å². The molecule has 0 aliphatic carbocycles. The van der Waals surface area contributed by atoms with Crippen molar-refractivity contribution in [1.29, 1.82) is 5.26 Å². The minimum absolute atomic E-state index is 0.0988. The number of carbonyl (C=O) groups is 1. The van der Waals surface area contributed by atoms with Crippen molar-refractivity contribution in [2.45, 2.75) is 19.8 Å². The van der Waals surface area contributed by atoms with Crippen LogP contribution in [0, 0.1) is 17.2 Å². The molecule has 4 nitrogen and oxygen atoms in total. The zero-order valence-electron chi connectivity index (χ0n) is 11.5. The lowest BCUT2D eigenvalue weighted by Gasteiger charge is -2.29. The zero-order valence-corrected chi connectivity index (χ0v) is 12.3. The first kappa shape index (κ1) is 14.8. The zero-order chi connectivity index (χ0) is 14.5. The second kappa shape index (κ2) is 6.74. The van der Waals surface area contributed by atoms with Gasteiger partial charge < -0.3 is 5.32 Å². The van der Waals surface area contributed by atoms with E-state index in [4.69, 9.17) is 16.9 Å². The second-order valence-corrected chi connectivity index (χ2v) is 5.74. The van der Waals surface area contributed by atoms with Crippen LogP contribution in [-0.2, 0) is 4.79 Å². The van der Waals surface area contributed by atoms with Crippen molar-refractivity contribution in [1.82, 2.24) is 4.90 Å². The fourth-order valence-corrected chi connectivity index (χ4v) is 2.50. The number of hydrogen-bond donors (Lipinski definition) is 1. The monoisotopic (exact) mass is 291 g/mol. The van der Waals surface area contributed by atoms with Crippen LogP contribution in [0.2, 0.25) is 5.02 Å². The highest BCUT2D eigenvalue weighted by Crippen LogP contribution is 2.21. The first-order valence-corrected chi connectivity index (χ1v) is 7.18. The number of anilines is 1. The summed E-state index contributed by atoms with van der Waals surface area (Å²) in [6, 6.07) is 6.91. The molecule has 106 valence electrons. The quantitative estimate of drug-likeness (QED) is 0.931.